The standard InChI is InChI=1S/C36H58O6.C33H54O6.2CH4/c1-22(2)24-11-16-36(30(39)40-19-23-20-41-31(3,4)42-23)18-17-34(7)25(29(24)36)9-10-27-32(5)14-13-28(38)33(6,21-37)26(32)12-15-35(27,34)8;1-20(2)22-9-14-33(28(38)39-18-21(36)17-34)16-15-31(5)23(27(22)33)7-8-25-29(3)12-11-26(37)30(4,19-35)24(29)10-13-32(25,31)6;;/h23-29,37-38H,1,9-21H2,2-8H3;21-27,34-37H,1,7-19H2,2-6H3;2*1H4/t23?,24-,25?,26?,27?,28-,29?,32-,33-,34+,35+,36-;21?,22-,23?,24?,25?,26-,27?,29-,30-,31+,32+,33-;;/m00../s1/i;;2*1D. The Morgan fingerprint density at radius 1 is 0.554 bits per heavy atom. The number of aliphatic hydroxyl groups is 6. The van der Waals surface area contributed by atoms with E-state index in [0.717, 1.165) is 134 Å². The molecule has 10 saturated carbocycles. The molecule has 11 aliphatic rings. The molecule has 0 aromatic heterocycles. The number of carbonyl (C=O) groups is 2. The molecule has 10 unspecified atom stereocenters. The Hall–Kier alpha value is -1.90. The highest BCUT2D eigenvalue weighted by Gasteiger charge is 2.75. The molecular formula is C71H120O12. The molecule has 0 bridgehead atoms. The van der Waals surface area contributed by atoms with Crippen LogP contribution in [0.3, 0.4) is 0 Å². The van der Waals surface area contributed by atoms with Gasteiger partial charge in [0.15, 0.2) is 5.79 Å². The summed E-state index contributed by atoms with van der Waals surface area (Å²) in [5.74, 6) is 2.81. The van der Waals surface area contributed by atoms with Crippen LogP contribution in [0, 0.1) is 113 Å². The van der Waals surface area contributed by atoms with Crippen molar-refractivity contribution in [3.8, 4) is 0 Å². The molecule has 0 spiro atoms. The van der Waals surface area contributed by atoms with Gasteiger partial charge in [0.05, 0.1) is 49.5 Å². The van der Waals surface area contributed by atoms with E-state index in [0.29, 0.717) is 54.0 Å². The van der Waals surface area contributed by atoms with Crippen LogP contribution in [0.15, 0.2) is 24.3 Å². The molecule has 6 N–H and O–H groups in total. The van der Waals surface area contributed by atoms with Crippen LogP contribution in [0.1, 0.15) is 229 Å². The van der Waals surface area contributed by atoms with Crippen molar-refractivity contribution in [3.63, 3.8) is 0 Å². The van der Waals surface area contributed by atoms with Crippen LogP contribution in [0.25, 0.3) is 0 Å². The minimum atomic E-state index is -1.04. The lowest BCUT2D eigenvalue weighted by Crippen LogP contribution is -2.67. The summed E-state index contributed by atoms with van der Waals surface area (Å²) in [4.78, 5) is 28.0. The zero-order valence-electron chi connectivity index (χ0n) is 56.5. The fourth-order valence-electron chi connectivity index (χ4n) is 24.6. The summed E-state index contributed by atoms with van der Waals surface area (Å²) in [7, 11) is 2.50. The van der Waals surface area contributed by atoms with E-state index >= 15 is 0 Å². The molecule has 10 aliphatic carbocycles. The molecule has 12 heteroatoms. The van der Waals surface area contributed by atoms with E-state index in [2.05, 4.69) is 82.4 Å². The second-order valence-corrected chi connectivity index (χ2v) is 32.6. The minimum Gasteiger partial charge on any atom is -0.462 e. The number of rotatable bonds is 11. The quantitative estimate of drug-likeness (QED) is 0.0849. The third-order valence-electron chi connectivity index (χ3n) is 29.3. The zero-order chi connectivity index (χ0) is 63.1. The van der Waals surface area contributed by atoms with Crippen LogP contribution in [0.2, 0.25) is 0 Å². The molecule has 1 aliphatic heterocycles. The molecule has 0 aromatic carbocycles. The first-order valence-electron chi connectivity index (χ1n) is 34.7. The van der Waals surface area contributed by atoms with Crippen molar-refractivity contribution >= 4 is 11.9 Å². The first-order valence-corrected chi connectivity index (χ1v) is 32.7. The van der Waals surface area contributed by atoms with Crippen molar-refractivity contribution in [2.45, 2.75) is 257 Å². The van der Waals surface area contributed by atoms with Crippen LogP contribution in [-0.4, -0.2) is 112 Å². The Morgan fingerprint density at radius 3 is 1.35 bits per heavy atom. The van der Waals surface area contributed by atoms with Gasteiger partial charge in [-0.25, -0.2) is 0 Å². The summed E-state index contributed by atoms with van der Waals surface area (Å²) < 4.78 is 35.1. The van der Waals surface area contributed by atoms with Gasteiger partial charge in [0, 0.05) is 13.6 Å². The van der Waals surface area contributed by atoms with Gasteiger partial charge in [0.25, 0.3) is 0 Å². The highest BCUT2D eigenvalue weighted by Crippen LogP contribution is 2.80. The van der Waals surface area contributed by atoms with E-state index in [1.165, 1.54) is 20.4 Å². The number of fused-ring (bicyclic) bond motifs is 14. The number of ether oxygens (including phenoxy) is 4. The lowest BCUT2D eigenvalue weighted by molar-refractivity contribution is -0.254. The number of aliphatic hydroxyl groups excluding tert-OH is 6. The third kappa shape index (κ3) is 9.64. The molecule has 0 aromatic rings. The Morgan fingerprint density at radius 2 is 0.976 bits per heavy atom. The normalized spacial score (nSPS) is 51.2. The lowest BCUT2D eigenvalue weighted by Gasteiger charge is -2.72. The fraction of sp³-hybridized carbons (Fsp3) is 0.915. The molecule has 0 amide bonds. The largest absolute Gasteiger partial charge is 0.462 e. The minimum absolute atomic E-state index is 0.0190. The molecule has 83 heavy (non-hydrogen) atoms. The number of carbonyl (C=O) groups excluding carboxylic acids is 2. The Kier molecular flexibility index (Phi) is 17.6. The maximum Gasteiger partial charge on any atom is 0.312 e. The number of allylic oxidation sites excluding steroid dienone is 2. The Bertz CT molecular complexity index is 2420. The van der Waals surface area contributed by atoms with Crippen LogP contribution in [0.5, 0.6) is 0 Å². The molecule has 12 nitrogen and oxygen atoms in total. The summed E-state index contributed by atoms with van der Waals surface area (Å²) in [6, 6.07) is 0. The van der Waals surface area contributed by atoms with Gasteiger partial charge >= 0.3 is 11.9 Å². The molecular weight excluding hydrogens is 1040 g/mol. The van der Waals surface area contributed by atoms with Gasteiger partial charge in [-0.2, -0.15) is 0 Å². The molecule has 0 radical (unpaired) electrons. The summed E-state index contributed by atoms with van der Waals surface area (Å²) in [6.07, 6.45) is 17.7. The van der Waals surface area contributed by atoms with E-state index in [4.69, 9.17) is 21.7 Å². The zero-order valence-corrected chi connectivity index (χ0v) is 54.5. The van der Waals surface area contributed by atoms with Crippen molar-refractivity contribution in [1.29, 1.82) is 0 Å². The maximum absolute atomic E-state index is 14.2. The second kappa shape index (κ2) is 22.8. The predicted octanol–water partition coefficient (Wildman–Crippen LogP) is 12.8. The predicted molar refractivity (Wildman–Crippen MR) is 326 cm³/mol. The van der Waals surface area contributed by atoms with E-state index in [1.54, 1.807) is 0 Å². The monoisotopic (exact) mass is 1170 g/mol. The molecule has 11 rings (SSSR count). The van der Waals surface area contributed by atoms with Crippen molar-refractivity contribution in [3.05, 3.63) is 24.3 Å². The van der Waals surface area contributed by atoms with E-state index in [9.17, 15) is 40.2 Å². The summed E-state index contributed by atoms with van der Waals surface area (Å²) >= 11 is 0. The summed E-state index contributed by atoms with van der Waals surface area (Å²) in [6.45, 7) is 36.6. The van der Waals surface area contributed by atoms with Gasteiger partial charge in [0.1, 0.15) is 25.4 Å². The highest BCUT2D eigenvalue weighted by atomic mass is 16.7. The third-order valence-corrected chi connectivity index (χ3v) is 29.3. The van der Waals surface area contributed by atoms with Gasteiger partial charge in [-0.05, 0) is 248 Å². The average Bonchev–Trinajstić information content (AvgIpc) is 1.50. The van der Waals surface area contributed by atoms with Gasteiger partial charge in [-0.15, -0.1) is 0 Å². The van der Waals surface area contributed by atoms with Crippen molar-refractivity contribution < 1.29 is 61.9 Å². The molecule has 1 saturated heterocycles. The molecule has 476 valence electrons. The van der Waals surface area contributed by atoms with Crippen molar-refractivity contribution in [1.82, 2.24) is 0 Å². The molecule has 11 fully saturated rings. The Balaban J connectivity index is 0.000000210. The molecule has 1 heterocycles. The van der Waals surface area contributed by atoms with E-state index < -0.39 is 52.4 Å². The van der Waals surface area contributed by atoms with Crippen LogP contribution < -0.4 is 0 Å². The number of esters is 2. The first kappa shape index (κ1) is 64.1. The van der Waals surface area contributed by atoms with Crippen molar-refractivity contribution in [2.24, 2.45) is 113 Å². The van der Waals surface area contributed by atoms with Gasteiger partial charge in [-0.3, -0.25) is 9.59 Å². The Labute approximate surface area is 505 Å². The average molecular weight is 1170 g/mol. The topological polar surface area (TPSA) is 192 Å². The fourth-order valence-corrected chi connectivity index (χ4v) is 24.6. The maximum atomic E-state index is 14.2. The highest BCUT2D eigenvalue weighted by molar-refractivity contribution is 5.79. The van der Waals surface area contributed by atoms with Gasteiger partial charge in [0.2, 0.25) is 0 Å². The first-order chi connectivity index (χ1) is 39.8. The van der Waals surface area contributed by atoms with Crippen LogP contribution >= 0.6 is 0 Å². The SMILES string of the molecule is C=C(C)[C@@H]1CC[C@]2(C(=O)OCC(O)CO)CC[C@]3(C)C(CCC4[C@@]5(C)CC[C@H](O)[C@@](C)(CO)C5CC[C@]43C)C12.C=C(C)[C@@H]1CC[C@]2(C(=O)OCC3COC(C)(C)O3)CC[C@]3(C)C(CCC4[C@@]5(C)CC[C@H](O)[C@@](C)(CO)C5CC[C@]43C)C12.[2H]C.[2H]C. The number of hydrogen-bond acceptors (Lipinski definition) is 12. The summed E-state index contributed by atoms with van der Waals surface area (Å²) in [5.41, 5.74) is 1.15. The lowest BCUT2D eigenvalue weighted by atomic mass is 9.32. The van der Waals surface area contributed by atoms with Gasteiger partial charge in [-0.1, -0.05) is 94.5 Å². The van der Waals surface area contributed by atoms with Crippen LogP contribution in [0.4, 0.5) is 0 Å². The van der Waals surface area contributed by atoms with Gasteiger partial charge < -0.3 is 49.6 Å². The smallest absolute Gasteiger partial charge is 0.312 e. The summed E-state index contributed by atoms with van der Waals surface area (Å²) in [5, 5.41) is 62.3. The van der Waals surface area contributed by atoms with Crippen LogP contribution in [-0.2, 0) is 28.5 Å². The van der Waals surface area contributed by atoms with E-state index in [1.807, 2.05) is 13.8 Å². The van der Waals surface area contributed by atoms with E-state index in [-0.39, 0.29) is 88.8 Å². The molecule has 24 atom stereocenters. The van der Waals surface area contributed by atoms with Crippen molar-refractivity contribution in [2.75, 3.05) is 39.6 Å². The second-order valence-electron chi connectivity index (χ2n) is 32.6. The number of hydrogen-bond donors (Lipinski definition) is 6.